The minimum Gasteiger partial charge on any atom is -0.497 e. The maximum Gasteiger partial charge on any atom is 0.264 e. The summed E-state index contributed by atoms with van der Waals surface area (Å²) < 4.78 is 34.3. The number of fused-ring (bicyclic) bond motifs is 7. The summed E-state index contributed by atoms with van der Waals surface area (Å²) in [7, 11) is 0.0581. The van der Waals surface area contributed by atoms with E-state index in [1.807, 2.05) is 36.4 Å². The molecule has 256 valence electrons. The zero-order chi connectivity index (χ0) is 34.1. The third kappa shape index (κ3) is 5.53. The van der Waals surface area contributed by atoms with Gasteiger partial charge in [0.2, 0.25) is 15.9 Å². The van der Waals surface area contributed by atoms with Gasteiger partial charge in [-0.25, -0.2) is 13.1 Å². The number of piperazine rings is 1. The van der Waals surface area contributed by atoms with Crippen LogP contribution in [-0.4, -0.2) is 74.6 Å². The lowest BCUT2D eigenvalue weighted by atomic mass is 9.81. The molecule has 0 bridgehead atoms. The van der Waals surface area contributed by atoms with Gasteiger partial charge in [-0.05, 0) is 79.3 Å². The normalized spacial score (nSPS) is 24.0. The second-order valence-corrected chi connectivity index (χ2v) is 16.4. The molecule has 1 saturated heterocycles. The molecule has 3 fully saturated rings. The molecule has 2 amide bonds. The second kappa shape index (κ2) is 12.0. The lowest BCUT2D eigenvalue weighted by molar-refractivity contribution is -0.143. The first-order valence-electron chi connectivity index (χ1n) is 17.5. The van der Waals surface area contributed by atoms with Crippen molar-refractivity contribution >= 4 is 32.7 Å². The predicted molar refractivity (Wildman–Crippen MR) is 190 cm³/mol. The van der Waals surface area contributed by atoms with Crippen molar-refractivity contribution < 1.29 is 22.7 Å². The summed E-state index contributed by atoms with van der Waals surface area (Å²) in [4.78, 5) is 32.9. The fraction of sp³-hybridized carbons (Fsp3) is 0.436. The van der Waals surface area contributed by atoms with Crippen LogP contribution in [0, 0.1) is 5.41 Å². The lowest BCUT2D eigenvalue weighted by Gasteiger charge is -2.42. The van der Waals surface area contributed by atoms with Gasteiger partial charge >= 0.3 is 0 Å². The topological polar surface area (TPSA) is 101 Å². The van der Waals surface area contributed by atoms with Crippen LogP contribution in [0.15, 0.2) is 66.7 Å². The van der Waals surface area contributed by atoms with Crippen LogP contribution in [-0.2, 0) is 21.4 Å². The molecular formula is C39H44N4O5S. The summed E-state index contributed by atoms with van der Waals surface area (Å²) in [6, 6.07) is 22.2. The second-order valence-electron chi connectivity index (χ2n) is 14.7. The number of ether oxygens (including phenoxy) is 1. The summed E-state index contributed by atoms with van der Waals surface area (Å²) in [5.74, 6) is 0.660. The number of rotatable bonds is 6. The standard InChI is InChI=1S/C39H44N4O5S/c1-41-18-19-42(34(23-41)25-10-6-4-7-11-25)38(45)39-22-32(39)31-21-28(48-2)15-17-29(31)36-35(26-12-8-5-9-13-26)30-16-14-27(20-33(30)43(36)24-39)37(44)40-49(3,46)47/h4,6-7,10-11,14-17,20-21,26,32,34H,5,8-9,12-13,18-19,22-24H2,1-3H3,(H,40,44). The van der Waals surface area contributed by atoms with E-state index < -0.39 is 21.3 Å². The van der Waals surface area contributed by atoms with Crippen LogP contribution in [0.5, 0.6) is 5.75 Å². The van der Waals surface area contributed by atoms with Crippen molar-refractivity contribution in [2.24, 2.45) is 5.41 Å². The molecule has 3 aromatic carbocycles. The molecular weight excluding hydrogens is 637 g/mol. The Morgan fingerprint density at radius 3 is 2.47 bits per heavy atom. The molecule has 4 aromatic rings. The zero-order valence-corrected chi connectivity index (χ0v) is 29.3. The van der Waals surface area contributed by atoms with Gasteiger partial charge in [-0.2, -0.15) is 0 Å². The Balaban J connectivity index is 1.32. The molecule has 3 heterocycles. The Bertz CT molecular complexity index is 2070. The molecule has 0 spiro atoms. The van der Waals surface area contributed by atoms with Gasteiger partial charge in [0.25, 0.3) is 5.91 Å². The molecule has 9 nitrogen and oxygen atoms in total. The maximum absolute atomic E-state index is 15.2. The van der Waals surface area contributed by atoms with Gasteiger partial charge in [-0.1, -0.05) is 55.7 Å². The smallest absolute Gasteiger partial charge is 0.264 e. The number of aromatic nitrogens is 1. The van der Waals surface area contributed by atoms with Crippen molar-refractivity contribution in [3.63, 3.8) is 0 Å². The number of benzene rings is 3. The third-order valence-electron chi connectivity index (χ3n) is 11.5. The van der Waals surface area contributed by atoms with E-state index in [1.165, 1.54) is 12.0 Å². The van der Waals surface area contributed by atoms with Crippen LogP contribution in [0.4, 0.5) is 0 Å². The van der Waals surface area contributed by atoms with Crippen molar-refractivity contribution in [2.75, 3.05) is 40.0 Å². The van der Waals surface area contributed by atoms with Crippen molar-refractivity contribution in [2.45, 2.75) is 62.9 Å². The highest BCUT2D eigenvalue weighted by atomic mass is 32.2. The van der Waals surface area contributed by atoms with Crippen LogP contribution in [0.3, 0.4) is 0 Å². The molecule has 8 rings (SSSR count). The van der Waals surface area contributed by atoms with Gasteiger partial charge in [0.15, 0.2) is 0 Å². The fourth-order valence-electron chi connectivity index (χ4n) is 9.06. The quantitative estimate of drug-likeness (QED) is 0.266. The Morgan fingerprint density at radius 2 is 1.73 bits per heavy atom. The van der Waals surface area contributed by atoms with Crippen molar-refractivity contribution in [3.8, 4) is 17.0 Å². The molecule has 49 heavy (non-hydrogen) atoms. The van der Waals surface area contributed by atoms with Crippen LogP contribution < -0.4 is 9.46 Å². The summed E-state index contributed by atoms with van der Waals surface area (Å²) >= 11 is 0. The fourth-order valence-corrected chi connectivity index (χ4v) is 9.51. The highest BCUT2D eigenvalue weighted by molar-refractivity contribution is 7.89. The summed E-state index contributed by atoms with van der Waals surface area (Å²) in [6.07, 6.45) is 7.44. The average Bonchev–Trinajstić information content (AvgIpc) is 3.77. The van der Waals surface area contributed by atoms with Gasteiger partial charge in [-0.15, -0.1) is 0 Å². The zero-order valence-electron chi connectivity index (χ0n) is 28.4. The summed E-state index contributed by atoms with van der Waals surface area (Å²) in [6.45, 7) is 2.71. The maximum atomic E-state index is 15.2. The van der Waals surface area contributed by atoms with Crippen LogP contribution in [0.2, 0.25) is 0 Å². The first-order valence-corrected chi connectivity index (χ1v) is 19.4. The van der Waals surface area contributed by atoms with E-state index in [0.717, 1.165) is 90.5 Å². The number of sulfonamides is 1. The van der Waals surface area contributed by atoms with Crippen LogP contribution in [0.1, 0.15) is 83.5 Å². The van der Waals surface area contributed by atoms with Gasteiger partial charge in [-0.3, -0.25) is 9.59 Å². The van der Waals surface area contributed by atoms with E-state index in [-0.39, 0.29) is 23.4 Å². The van der Waals surface area contributed by atoms with E-state index in [4.69, 9.17) is 4.74 Å². The monoisotopic (exact) mass is 680 g/mol. The number of nitrogens with zero attached hydrogens (tertiary/aromatic N) is 3. The van der Waals surface area contributed by atoms with Gasteiger partial charge < -0.3 is 19.1 Å². The third-order valence-corrected chi connectivity index (χ3v) is 12.1. The highest BCUT2D eigenvalue weighted by Gasteiger charge is 2.64. The first kappa shape index (κ1) is 32.1. The van der Waals surface area contributed by atoms with Crippen molar-refractivity contribution in [1.82, 2.24) is 19.1 Å². The number of carbonyl (C=O) groups excluding carboxylic acids is 2. The Kier molecular flexibility index (Phi) is 7.87. The average molecular weight is 681 g/mol. The number of carbonyl (C=O) groups is 2. The van der Waals surface area contributed by atoms with E-state index >= 15 is 4.79 Å². The molecule has 3 atom stereocenters. The first-order chi connectivity index (χ1) is 23.6. The van der Waals surface area contributed by atoms with Gasteiger partial charge in [0.1, 0.15) is 5.75 Å². The van der Waals surface area contributed by atoms with Gasteiger partial charge in [0, 0.05) is 54.1 Å². The molecule has 10 heteroatoms. The number of hydrogen-bond donors (Lipinski definition) is 1. The Labute approximate surface area is 288 Å². The lowest BCUT2D eigenvalue weighted by Crippen LogP contribution is -2.52. The molecule has 0 radical (unpaired) electrons. The molecule has 1 aromatic heterocycles. The number of hydrogen-bond acceptors (Lipinski definition) is 6. The molecule has 3 unspecified atom stereocenters. The molecule has 4 aliphatic rings. The SMILES string of the molecule is COc1ccc2c(c1)C1CC1(C(=O)N1CCN(C)CC1c1ccccc1)Cn1c-2c(C2CCCCC2)c2ccc(C(=O)NS(C)(=O)=O)cc21. The Morgan fingerprint density at radius 1 is 0.959 bits per heavy atom. The van der Waals surface area contributed by atoms with Crippen LogP contribution >= 0.6 is 0 Å². The van der Waals surface area contributed by atoms with Gasteiger partial charge in [0.05, 0.1) is 30.5 Å². The summed E-state index contributed by atoms with van der Waals surface area (Å²) in [5.41, 5.74) is 6.29. The van der Waals surface area contributed by atoms with Crippen molar-refractivity contribution in [1.29, 1.82) is 0 Å². The molecule has 2 aliphatic heterocycles. The van der Waals surface area contributed by atoms with Crippen LogP contribution in [0.25, 0.3) is 22.2 Å². The molecule has 2 aliphatic carbocycles. The molecule has 1 N–H and O–H groups in total. The number of nitrogens with one attached hydrogen (secondary N) is 1. The van der Waals surface area contributed by atoms with E-state index in [2.05, 4.69) is 50.4 Å². The van der Waals surface area contributed by atoms with E-state index in [0.29, 0.717) is 19.0 Å². The minimum atomic E-state index is -3.75. The predicted octanol–water partition coefficient (Wildman–Crippen LogP) is 6.06. The van der Waals surface area contributed by atoms with E-state index in [9.17, 15) is 13.2 Å². The molecule has 2 saturated carbocycles. The largest absolute Gasteiger partial charge is 0.497 e. The highest BCUT2D eigenvalue weighted by Crippen LogP contribution is 2.66. The Hall–Kier alpha value is -4.15. The number of methoxy groups -OCH3 is 1. The minimum absolute atomic E-state index is 0.0204. The summed E-state index contributed by atoms with van der Waals surface area (Å²) in [5, 5.41) is 1.07. The number of likely N-dealkylation sites (N-methyl/N-ethyl adjacent to an activating group) is 1. The van der Waals surface area contributed by atoms with Crippen molar-refractivity contribution in [3.05, 3.63) is 89.0 Å². The van der Waals surface area contributed by atoms with E-state index in [1.54, 1.807) is 13.2 Å². The number of amides is 2.